The minimum Gasteiger partial charge on any atom is -0.790 e. The molecule has 0 atom stereocenters. The van der Waals surface area contributed by atoms with Crippen LogP contribution in [0.5, 0.6) is 0 Å². The Balaban J connectivity index is -0.000000107. The van der Waals surface area contributed by atoms with Crippen LogP contribution in [-0.2, 0) is 30.5 Å². The van der Waals surface area contributed by atoms with Gasteiger partial charge in [0.05, 0.1) is 15.6 Å². The third kappa shape index (κ3) is 22.4. The third-order valence-corrected chi connectivity index (χ3v) is 1.80. The average Bonchev–Trinajstić information content (AvgIpc) is 1.14. The van der Waals surface area contributed by atoms with Crippen LogP contribution in [0.15, 0.2) is 0 Å². The summed E-state index contributed by atoms with van der Waals surface area (Å²) in [5.74, 6) is 0. The van der Waals surface area contributed by atoms with Crippen LogP contribution in [0.4, 0.5) is 0 Å². The van der Waals surface area contributed by atoms with E-state index in [1.54, 1.807) is 0 Å². The second-order valence-electron chi connectivity index (χ2n) is 0.976. The quantitative estimate of drug-likeness (QED) is 0.354. The van der Waals surface area contributed by atoms with E-state index in [-0.39, 0.29) is 28.0 Å². The van der Waals surface area contributed by atoms with Crippen molar-refractivity contribution in [2.45, 2.75) is 0 Å². The Labute approximate surface area is 77.3 Å². The Morgan fingerprint density at radius 2 is 1.00 bits per heavy atom. The molecule has 12 heteroatoms. The molecule has 4 N–H and O–H groups in total. The van der Waals surface area contributed by atoms with Gasteiger partial charge in [-0.2, -0.15) is 0 Å². The van der Waals surface area contributed by atoms with Crippen molar-refractivity contribution in [2.75, 3.05) is 0 Å². The Bertz CT molecular complexity index is 153. The van der Waals surface area contributed by atoms with Crippen molar-refractivity contribution in [1.82, 2.24) is 0 Å². The van der Waals surface area contributed by atoms with E-state index >= 15 is 0 Å². The van der Waals surface area contributed by atoms with Crippen LogP contribution in [0, 0.1) is 0 Å². The van der Waals surface area contributed by atoms with Crippen LogP contribution >= 0.6 is 15.6 Å². The van der Waals surface area contributed by atoms with E-state index in [1.807, 2.05) is 0 Å². The molecule has 0 amide bonds. The molecular formula is H4CuO9P2-4. The maximum Gasteiger partial charge on any atom is 0.0655 e. The maximum atomic E-state index is 9.32. The Hall–Kier alpha value is 0.699. The van der Waals surface area contributed by atoms with Gasteiger partial charge in [-0.05, 0) is 0 Å². The summed E-state index contributed by atoms with van der Waals surface area (Å²) in [5, 5.41) is 0. The fourth-order valence-corrected chi connectivity index (χ4v) is 1.10. The molecule has 1 radical (unpaired) electrons. The summed E-state index contributed by atoms with van der Waals surface area (Å²) in [6, 6.07) is 0. The van der Waals surface area contributed by atoms with Gasteiger partial charge in [-0.15, -0.1) is 0 Å². The van der Waals surface area contributed by atoms with Crippen molar-refractivity contribution in [1.29, 1.82) is 0 Å². The van der Waals surface area contributed by atoms with Gasteiger partial charge in [-0.3, -0.25) is 0 Å². The zero-order valence-electron chi connectivity index (χ0n) is 5.05. The van der Waals surface area contributed by atoms with Crippen molar-refractivity contribution >= 4 is 15.6 Å². The number of hydrogen-bond acceptors (Lipinski definition) is 7. The van der Waals surface area contributed by atoms with Gasteiger partial charge >= 0.3 is 0 Å². The second-order valence-corrected chi connectivity index (χ2v) is 3.42. The third-order valence-electron chi connectivity index (χ3n) is 0.200. The van der Waals surface area contributed by atoms with E-state index in [0.29, 0.717) is 0 Å². The first-order chi connectivity index (χ1) is 3.71. The first-order valence-corrected chi connectivity index (χ1v) is 4.38. The van der Waals surface area contributed by atoms with Crippen LogP contribution in [0.25, 0.3) is 0 Å². The molecule has 0 aromatic rings. The Kier molecular flexibility index (Phi) is 13.7. The topological polar surface area (TPSA) is 199 Å². The summed E-state index contributed by atoms with van der Waals surface area (Å²) < 4.78 is 21.2. The Morgan fingerprint density at radius 3 is 1.00 bits per heavy atom. The van der Waals surface area contributed by atoms with Gasteiger partial charge < -0.3 is 44.0 Å². The smallest absolute Gasteiger partial charge is 0.0655 e. The molecule has 0 aromatic heterocycles. The molecule has 0 aliphatic carbocycles. The monoisotopic (exact) mass is 273 g/mol. The molecule has 9 nitrogen and oxygen atoms in total. The predicted molar refractivity (Wildman–Crippen MR) is 23.5 cm³/mol. The van der Waals surface area contributed by atoms with Crippen molar-refractivity contribution in [3.05, 3.63) is 0 Å². The molecule has 0 bridgehead atoms. The van der Waals surface area contributed by atoms with Crippen molar-refractivity contribution in [3.8, 4) is 0 Å². The molecule has 0 fully saturated rings. The Morgan fingerprint density at radius 1 is 0.833 bits per heavy atom. The molecule has 0 heterocycles. The fraction of sp³-hybridized carbons (Fsp3) is 0. The van der Waals surface area contributed by atoms with Gasteiger partial charge in [-0.25, -0.2) is 0 Å². The van der Waals surface area contributed by atoms with Gasteiger partial charge in [0, 0.05) is 17.1 Å². The van der Waals surface area contributed by atoms with E-state index in [9.17, 15) is 28.7 Å². The van der Waals surface area contributed by atoms with Gasteiger partial charge in [0.1, 0.15) is 0 Å². The van der Waals surface area contributed by atoms with E-state index in [4.69, 9.17) is 0 Å². The van der Waals surface area contributed by atoms with E-state index in [2.05, 4.69) is 4.31 Å². The molecule has 0 aromatic carbocycles. The van der Waals surface area contributed by atoms with E-state index in [0.717, 1.165) is 0 Å². The SMILES string of the molecule is O.O.O=P([O-])([O-])OP(=O)([O-])[O-].[Cu]. The summed E-state index contributed by atoms with van der Waals surface area (Å²) in [6.45, 7) is 0. The van der Waals surface area contributed by atoms with Gasteiger partial charge in [0.2, 0.25) is 0 Å². The van der Waals surface area contributed by atoms with Crippen molar-refractivity contribution in [2.24, 2.45) is 0 Å². The molecule has 0 aliphatic rings. The van der Waals surface area contributed by atoms with Crippen LogP contribution in [-0.4, -0.2) is 11.0 Å². The second kappa shape index (κ2) is 7.14. The van der Waals surface area contributed by atoms with Crippen LogP contribution in [0.3, 0.4) is 0 Å². The zero-order chi connectivity index (χ0) is 7.71. The number of hydrogen-bond donors (Lipinski definition) is 0. The fourth-order valence-electron chi connectivity index (χ4n) is 0.122. The summed E-state index contributed by atoms with van der Waals surface area (Å²) in [4.78, 5) is 37.3. The van der Waals surface area contributed by atoms with E-state index in [1.165, 1.54) is 0 Å². The summed E-state index contributed by atoms with van der Waals surface area (Å²) in [6.07, 6.45) is 0. The average molecular weight is 274 g/mol. The van der Waals surface area contributed by atoms with Crippen LogP contribution in [0.1, 0.15) is 0 Å². The van der Waals surface area contributed by atoms with Crippen LogP contribution in [0.2, 0.25) is 0 Å². The molecule has 0 saturated heterocycles. The van der Waals surface area contributed by atoms with Gasteiger partial charge in [0.15, 0.2) is 0 Å². The molecule has 0 rings (SSSR count). The van der Waals surface area contributed by atoms with E-state index < -0.39 is 15.6 Å². The van der Waals surface area contributed by atoms with Gasteiger partial charge in [0.25, 0.3) is 0 Å². The normalized spacial score (nSPS) is 10.3. The minimum atomic E-state index is -5.68. The summed E-state index contributed by atoms with van der Waals surface area (Å²) >= 11 is 0. The van der Waals surface area contributed by atoms with Gasteiger partial charge in [-0.1, -0.05) is 0 Å². The first-order valence-electron chi connectivity index (χ1n) is 1.46. The maximum absolute atomic E-state index is 9.32. The standard InChI is InChI=1S/Cu.H4O7P2.2H2O/c;1-8(2,3)7-9(4,5)6;;/h;(H2,1,2,3)(H2,4,5,6);2*1H2/p-4. The number of rotatable bonds is 2. The number of phosphoric acid groups is 2. The first kappa shape index (κ1) is 23.0. The van der Waals surface area contributed by atoms with Crippen molar-refractivity contribution in [3.63, 3.8) is 0 Å². The minimum absolute atomic E-state index is 0. The molecular weight excluding hydrogens is 269 g/mol. The molecule has 0 unspecified atom stereocenters. The molecule has 83 valence electrons. The largest absolute Gasteiger partial charge is 0.790 e. The summed E-state index contributed by atoms with van der Waals surface area (Å²) in [5.41, 5.74) is 0. The molecule has 12 heavy (non-hydrogen) atoms. The molecule has 0 saturated carbocycles. The zero-order valence-corrected chi connectivity index (χ0v) is 7.78. The molecule has 0 aliphatic heterocycles. The van der Waals surface area contributed by atoms with Crippen LogP contribution < -0.4 is 19.6 Å². The van der Waals surface area contributed by atoms with Crippen molar-refractivity contribution < 1.29 is 61.0 Å². The predicted octanol–water partition coefficient (Wildman–Crippen LogP) is -4.99. The summed E-state index contributed by atoms with van der Waals surface area (Å²) in [7, 11) is -11.4. The molecule has 0 spiro atoms.